The van der Waals surface area contributed by atoms with Gasteiger partial charge < -0.3 is 4.98 Å². The van der Waals surface area contributed by atoms with Gasteiger partial charge in [0.15, 0.2) is 0 Å². The van der Waals surface area contributed by atoms with Crippen molar-refractivity contribution in [1.29, 1.82) is 0 Å². The number of carbonyl (C=O) groups is 2. The van der Waals surface area contributed by atoms with Gasteiger partial charge in [0.1, 0.15) is 0 Å². The number of para-hydroxylation sites is 2. The third kappa shape index (κ3) is 2.85. The van der Waals surface area contributed by atoms with Crippen LogP contribution in [0.25, 0.3) is 17.0 Å². The molecule has 1 aliphatic heterocycles. The number of amides is 2. The molecule has 1 aliphatic rings. The van der Waals surface area contributed by atoms with Gasteiger partial charge in [0.2, 0.25) is 17.8 Å². The van der Waals surface area contributed by atoms with Crippen LogP contribution < -0.4 is 5.56 Å². The lowest BCUT2D eigenvalue weighted by molar-refractivity contribution is -0.139. The van der Waals surface area contributed by atoms with Crippen LogP contribution in [-0.4, -0.2) is 36.5 Å². The van der Waals surface area contributed by atoms with E-state index in [2.05, 4.69) is 15.1 Å². The summed E-state index contributed by atoms with van der Waals surface area (Å²) in [5.74, 6) is -1.08. The van der Waals surface area contributed by atoms with E-state index in [0.29, 0.717) is 17.2 Å². The summed E-state index contributed by atoms with van der Waals surface area (Å²) in [6.45, 7) is 1.93. The molecule has 1 fully saturated rings. The number of fused-ring (bicyclic) bond motifs is 1. The van der Waals surface area contributed by atoms with Gasteiger partial charge in [-0.05, 0) is 24.6 Å². The Hall–Kier alpha value is -3.94. The Bertz CT molecular complexity index is 1300. The quantitative estimate of drug-likeness (QED) is 0.513. The lowest BCUT2D eigenvalue weighted by Crippen LogP contribution is -2.31. The number of imide groups is 1. The van der Waals surface area contributed by atoms with Crippen LogP contribution in [0, 0.1) is 6.92 Å². The van der Waals surface area contributed by atoms with E-state index >= 15 is 0 Å². The van der Waals surface area contributed by atoms with Crippen molar-refractivity contribution in [2.75, 3.05) is 0 Å². The molecule has 30 heavy (non-hydrogen) atoms. The van der Waals surface area contributed by atoms with E-state index in [1.165, 1.54) is 9.58 Å². The first-order valence-electron chi connectivity index (χ1n) is 9.67. The maximum absolute atomic E-state index is 13.2. The largest absolute Gasteiger partial charge is 0.322 e. The Balaban J connectivity index is 1.50. The molecule has 0 saturated carbocycles. The molecule has 3 heterocycles. The number of rotatable bonds is 4. The van der Waals surface area contributed by atoms with Crippen LogP contribution in [0.4, 0.5) is 0 Å². The monoisotopic (exact) mass is 401 g/mol. The first-order chi connectivity index (χ1) is 14.5. The molecule has 150 valence electrons. The molecule has 8 heteroatoms. The number of aromatic nitrogens is 4. The van der Waals surface area contributed by atoms with Gasteiger partial charge in [-0.3, -0.25) is 24.4 Å². The second-order valence-corrected chi connectivity index (χ2v) is 7.43. The van der Waals surface area contributed by atoms with Crippen molar-refractivity contribution in [2.24, 2.45) is 0 Å². The van der Waals surface area contributed by atoms with E-state index in [1.807, 2.05) is 54.6 Å². The summed E-state index contributed by atoms with van der Waals surface area (Å²) >= 11 is 0. The Morgan fingerprint density at radius 1 is 1.03 bits per heavy atom. The summed E-state index contributed by atoms with van der Waals surface area (Å²) in [6.07, 6.45) is -0.0142. The Morgan fingerprint density at radius 3 is 2.53 bits per heavy atom. The van der Waals surface area contributed by atoms with Crippen LogP contribution >= 0.6 is 0 Å². The van der Waals surface area contributed by atoms with Crippen molar-refractivity contribution < 1.29 is 9.59 Å². The standard InChI is InChI=1S/C22H19N5O3/c1-13-19(15-11-18(28)26(20(15)29)12-14-7-3-2-4-8-14)21(30)27(25-13)22-23-16-9-5-6-10-17(16)24-22/h2-10,15,25H,11-12H2,1H3,(H,23,24). The molecule has 8 nitrogen and oxygen atoms in total. The number of aryl methyl sites for hydroxylation is 1. The fraction of sp³-hybridized carbons (Fsp3) is 0.182. The number of carbonyl (C=O) groups excluding carboxylic acids is 2. The average Bonchev–Trinajstić information content (AvgIpc) is 3.38. The molecule has 1 atom stereocenters. The van der Waals surface area contributed by atoms with Crippen LogP contribution in [0.3, 0.4) is 0 Å². The Labute approximate surface area is 171 Å². The van der Waals surface area contributed by atoms with Crippen molar-refractivity contribution in [2.45, 2.75) is 25.8 Å². The number of nitrogens with one attached hydrogen (secondary N) is 2. The third-order valence-electron chi connectivity index (χ3n) is 5.48. The molecular formula is C22H19N5O3. The van der Waals surface area contributed by atoms with Crippen LogP contribution in [0.1, 0.15) is 29.2 Å². The van der Waals surface area contributed by atoms with E-state index in [9.17, 15) is 14.4 Å². The zero-order valence-electron chi connectivity index (χ0n) is 16.3. The summed E-state index contributed by atoms with van der Waals surface area (Å²) < 4.78 is 1.29. The van der Waals surface area contributed by atoms with Gasteiger partial charge in [-0.25, -0.2) is 4.98 Å². The maximum Gasteiger partial charge on any atom is 0.278 e. The van der Waals surface area contributed by atoms with Crippen molar-refractivity contribution in [3.05, 3.63) is 81.8 Å². The topological polar surface area (TPSA) is 104 Å². The van der Waals surface area contributed by atoms with Gasteiger partial charge >= 0.3 is 0 Å². The van der Waals surface area contributed by atoms with Gasteiger partial charge in [0.25, 0.3) is 5.56 Å². The smallest absolute Gasteiger partial charge is 0.278 e. The first kappa shape index (κ1) is 18.1. The van der Waals surface area contributed by atoms with Gasteiger partial charge in [-0.1, -0.05) is 42.5 Å². The molecule has 2 amide bonds. The van der Waals surface area contributed by atoms with E-state index in [4.69, 9.17) is 0 Å². The molecule has 2 aromatic carbocycles. The van der Waals surface area contributed by atoms with Crippen LogP contribution in [0.2, 0.25) is 0 Å². The number of hydrogen-bond acceptors (Lipinski definition) is 4. The van der Waals surface area contributed by atoms with Gasteiger partial charge in [0, 0.05) is 12.1 Å². The molecule has 2 N–H and O–H groups in total. The van der Waals surface area contributed by atoms with E-state index in [-0.39, 0.29) is 30.3 Å². The highest BCUT2D eigenvalue weighted by atomic mass is 16.2. The number of benzene rings is 2. The van der Waals surface area contributed by atoms with Crippen LogP contribution in [0.15, 0.2) is 59.4 Å². The van der Waals surface area contributed by atoms with Crippen molar-refractivity contribution in [3.8, 4) is 5.95 Å². The molecule has 4 aromatic rings. The maximum atomic E-state index is 13.2. The summed E-state index contributed by atoms with van der Waals surface area (Å²) in [6, 6.07) is 16.8. The third-order valence-corrected chi connectivity index (χ3v) is 5.48. The second kappa shape index (κ2) is 6.84. The fourth-order valence-electron chi connectivity index (χ4n) is 4.01. The predicted molar refractivity (Wildman–Crippen MR) is 110 cm³/mol. The average molecular weight is 401 g/mol. The number of nitrogens with zero attached hydrogens (tertiary/aromatic N) is 3. The molecule has 5 rings (SSSR count). The zero-order valence-corrected chi connectivity index (χ0v) is 16.3. The predicted octanol–water partition coefficient (Wildman–Crippen LogP) is 2.39. The van der Waals surface area contributed by atoms with Crippen molar-refractivity contribution in [3.63, 3.8) is 0 Å². The summed E-state index contributed by atoms with van der Waals surface area (Å²) in [5, 5.41) is 3.00. The molecule has 0 bridgehead atoms. The summed E-state index contributed by atoms with van der Waals surface area (Å²) in [7, 11) is 0. The molecule has 1 saturated heterocycles. The highest BCUT2D eigenvalue weighted by molar-refractivity contribution is 6.06. The number of imidazole rings is 1. The van der Waals surface area contributed by atoms with Crippen LogP contribution in [0.5, 0.6) is 0 Å². The van der Waals surface area contributed by atoms with E-state index in [1.54, 1.807) is 6.92 Å². The SMILES string of the molecule is Cc1[nH]n(-c2nc3ccccc3[nH]2)c(=O)c1C1CC(=O)N(Cc2ccccc2)C1=O. The molecule has 0 radical (unpaired) electrons. The molecule has 1 unspecified atom stereocenters. The highest BCUT2D eigenvalue weighted by Gasteiger charge is 2.42. The molecule has 0 aliphatic carbocycles. The minimum absolute atomic E-state index is 0.0142. The normalized spacial score (nSPS) is 16.7. The Morgan fingerprint density at radius 2 is 1.77 bits per heavy atom. The summed E-state index contributed by atoms with van der Waals surface area (Å²) in [5.41, 5.74) is 2.88. The minimum Gasteiger partial charge on any atom is -0.322 e. The van der Waals surface area contributed by atoms with Crippen LogP contribution in [-0.2, 0) is 16.1 Å². The Kier molecular flexibility index (Phi) is 4.13. The van der Waals surface area contributed by atoms with Gasteiger partial charge in [-0.15, -0.1) is 0 Å². The number of hydrogen-bond donors (Lipinski definition) is 2. The second-order valence-electron chi connectivity index (χ2n) is 7.43. The molecular weight excluding hydrogens is 382 g/mol. The lowest BCUT2D eigenvalue weighted by atomic mass is 9.98. The summed E-state index contributed by atoms with van der Waals surface area (Å²) in [4.78, 5) is 47.5. The van der Waals surface area contributed by atoms with Crippen molar-refractivity contribution in [1.82, 2.24) is 24.6 Å². The van der Waals surface area contributed by atoms with Crippen molar-refractivity contribution >= 4 is 22.8 Å². The molecule has 0 spiro atoms. The number of likely N-dealkylation sites (tertiary alicyclic amines) is 1. The number of H-pyrrole nitrogens is 2. The molecule has 2 aromatic heterocycles. The first-order valence-corrected chi connectivity index (χ1v) is 9.67. The van der Waals surface area contributed by atoms with E-state index < -0.39 is 5.92 Å². The van der Waals surface area contributed by atoms with E-state index in [0.717, 1.165) is 16.6 Å². The number of aromatic amines is 2. The lowest BCUT2D eigenvalue weighted by Gasteiger charge is -2.14. The fourth-order valence-corrected chi connectivity index (χ4v) is 4.01. The highest BCUT2D eigenvalue weighted by Crippen LogP contribution is 2.30. The minimum atomic E-state index is -0.796. The zero-order chi connectivity index (χ0) is 20.8. The van der Waals surface area contributed by atoms with Gasteiger partial charge in [0.05, 0.1) is 29.1 Å². The van der Waals surface area contributed by atoms with Gasteiger partial charge in [-0.2, -0.15) is 4.68 Å².